The third-order valence-corrected chi connectivity index (χ3v) is 12.6. The Balaban J connectivity index is 1.59. The minimum atomic E-state index is -4.15. The van der Waals surface area contributed by atoms with Gasteiger partial charge in [0.2, 0.25) is 5.91 Å². The van der Waals surface area contributed by atoms with E-state index in [0.29, 0.717) is 19.3 Å². The molecular formula is C32H51NO10S. The summed E-state index contributed by atoms with van der Waals surface area (Å²) in [7, 11) is -4.15. The quantitative estimate of drug-likeness (QED) is 0.202. The number of hydrogen-bond donors (Lipinski definition) is 2. The van der Waals surface area contributed by atoms with Gasteiger partial charge in [0, 0.05) is 45.1 Å². The number of carbonyl (C=O) groups excluding carboxylic acids is 4. The van der Waals surface area contributed by atoms with Crippen molar-refractivity contribution in [3.63, 3.8) is 0 Å². The summed E-state index contributed by atoms with van der Waals surface area (Å²) in [5.74, 6) is -0.835. The molecular weight excluding hydrogens is 590 g/mol. The Hall–Kier alpha value is -2.21. The third kappa shape index (κ3) is 7.26. The first kappa shape index (κ1) is 34.7. The highest BCUT2D eigenvalue weighted by Crippen LogP contribution is 2.69. The molecule has 11 nitrogen and oxygen atoms in total. The second-order valence-electron chi connectivity index (χ2n) is 14.4. The first-order chi connectivity index (χ1) is 20.5. The van der Waals surface area contributed by atoms with Gasteiger partial charge in [-0.3, -0.25) is 23.7 Å². The zero-order chi connectivity index (χ0) is 32.6. The average Bonchev–Trinajstić information content (AvgIpc) is 3.25. The van der Waals surface area contributed by atoms with Crippen LogP contribution in [0.2, 0.25) is 0 Å². The molecule has 0 aromatic carbocycles. The first-order valence-corrected chi connectivity index (χ1v) is 17.8. The van der Waals surface area contributed by atoms with Crippen LogP contribution in [0.15, 0.2) is 0 Å². The fourth-order valence-electron chi connectivity index (χ4n) is 10.1. The van der Waals surface area contributed by atoms with Gasteiger partial charge in [0.25, 0.3) is 10.1 Å². The summed E-state index contributed by atoms with van der Waals surface area (Å²) in [5, 5.41) is 2.57. The monoisotopic (exact) mass is 641 g/mol. The third-order valence-electron chi connectivity index (χ3n) is 11.9. The smallest absolute Gasteiger partial charge is 0.302 e. The van der Waals surface area contributed by atoms with Crippen LogP contribution in [-0.2, 0) is 43.5 Å². The highest BCUT2D eigenvalue weighted by Gasteiger charge is 2.67. The van der Waals surface area contributed by atoms with Gasteiger partial charge < -0.3 is 19.5 Å². The van der Waals surface area contributed by atoms with Crippen LogP contribution in [0.25, 0.3) is 0 Å². The van der Waals surface area contributed by atoms with E-state index in [2.05, 4.69) is 26.1 Å². The van der Waals surface area contributed by atoms with E-state index in [9.17, 15) is 27.6 Å². The molecule has 1 amide bonds. The highest BCUT2D eigenvalue weighted by atomic mass is 32.2. The molecule has 4 aliphatic carbocycles. The Bertz CT molecular complexity index is 1220. The lowest BCUT2D eigenvalue weighted by Gasteiger charge is -2.64. The Labute approximate surface area is 261 Å². The average molecular weight is 642 g/mol. The summed E-state index contributed by atoms with van der Waals surface area (Å²) >= 11 is 0. The van der Waals surface area contributed by atoms with Gasteiger partial charge in [-0.15, -0.1) is 0 Å². The lowest BCUT2D eigenvalue weighted by Crippen LogP contribution is -2.63. The van der Waals surface area contributed by atoms with E-state index in [4.69, 9.17) is 18.8 Å². The zero-order valence-electron chi connectivity index (χ0n) is 27.0. The standard InChI is InChI=1S/C32H51NO10S/c1-18(7-10-29(37)33-13-14-44(38,39)40)24-8-9-25-30-26(17-28(32(24,25)6)43-21(4)36)31(5)12-11-23(41-19(2)34)15-22(31)16-27(30)42-20(3)35/h18,22-28,30H,7-17H2,1-6H3,(H,33,37)(H,38,39,40). The molecule has 12 heteroatoms. The largest absolute Gasteiger partial charge is 0.463 e. The van der Waals surface area contributed by atoms with Gasteiger partial charge in [-0.25, -0.2) is 0 Å². The van der Waals surface area contributed by atoms with Gasteiger partial charge in [-0.05, 0) is 86.4 Å². The number of hydrogen-bond acceptors (Lipinski definition) is 9. The number of nitrogens with one attached hydrogen (secondary N) is 1. The van der Waals surface area contributed by atoms with Crippen molar-refractivity contribution in [1.82, 2.24) is 5.32 Å². The van der Waals surface area contributed by atoms with Crippen LogP contribution >= 0.6 is 0 Å². The molecule has 11 atom stereocenters. The molecule has 11 unspecified atom stereocenters. The minimum Gasteiger partial charge on any atom is -0.463 e. The Morgan fingerprint density at radius 2 is 1.57 bits per heavy atom. The molecule has 4 rings (SSSR count). The summed E-state index contributed by atoms with van der Waals surface area (Å²) in [6.45, 7) is 10.9. The van der Waals surface area contributed by atoms with Gasteiger partial charge in [-0.1, -0.05) is 20.8 Å². The maximum Gasteiger partial charge on any atom is 0.302 e. The fourth-order valence-corrected chi connectivity index (χ4v) is 10.4. The van der Waals surface area contributed by atoms with Crippen molar-refractivity contribution in [2.75, 3.05) is 12.3 Å². The summed E-state index contributed by atoms with van der Waals surface area (Å²) in [4.78, 5) is 49.2. The van der Waals surface area contributed by atoms with E-state index in [0.717, 1.165) is 32.1 Å². The second kappa shape index (κ2) is 13.3. The molecule has 0 radical (unpaired) electrons. The van der Waals surface area contributed by atoms with Crippen LogP contribution in [-0.4, -0.2) is 67.4 Å². The second-order valence-corrected chi connectivity index (χ2v) is 16.0. The van der Waals surface area contributed by atoms with Gasteiger partial charge in [0.05, 0.1) is 5.75 Å². The van der Waals surface area contributed by atoms with Gasteiger partial charge >= 0.3 is 17.9 Å². The summed E-state index contributed by atoms with van der Waals surface area (Å²) in [5.41, 5.74) is -0.466. The Morgan fingerprint density at radius 1 is 0.909 bits per heavy atom. The number of ether oxygens (including phenoxy) is 3. The number of amides is 1. The molecule has 2 N–H and O–H groups in total. The number of carbonyl (C=O) groups is 4. The first-order valence-electron chi connectivity index (χ1n) is 16.2. The summed E-state index contributed by atoms with van der Waals surface area (Å²) < 4.78 is 48.8. The van der Waals surface area contributed by atoms with E-state index >= 15 is 0 Å². The highest BCUT2D eigenvalue weighted by molar-refractivity contribution is 7.85. The lowest BCUT2D eigenvalue weighted by molar-refractivity contribution is -0.224. The van der Waals surface area contributed by atoms with Gasteiger partial charge in [-0.2, -0.15) is 8.42 Å². The van der Waals surface area contributed by atoms with Crippen LogP contribution in [0, 0.1) is 46.3 Å². The molecule has 4 aliphatic rings. The number of fused-ring (bicyclic) bond motifs is 5. The van der Waals surface area contributed by atoms with Crippen molar-refractivity contribution >= 4 is 33.9 Å². The van der Waals surface area contributed by atoms with Gasteiger partial charge in [0.15, 0.2) is 0 Å². The molecule has 4 saturated carbocycles. The van der Waals surface area contributed by atoms with Crippen molar-refractivity contribution in [2.45, 2.75) is 118 Å². The molecule has 0 saturated heterocycles. The lowest BCUT2D eigenvalue weighted by atomic mass is 9.43. The van der Waals surface area contributed by atoms with Crippen molar-refractivity contribution in [3.8, 4) is 0 Å². The van der Waals surface area contributed by atoms with Crippen molar-refractivity contribution in [2.24, 2.45) is 46.3 Å². The molecule has 4 fully saturated rings. The van der Waals surface area contributed by atoms with E-state index in [1.54, 1.807) is 0 Å². The van der Waals surface area contributed by atoms with Crippen molar-refractivity contribution in [1.29, 1.82) is 0 Å². The zero-order valence-corrected chi connectivity index (χ0v) is 27.8. The predicted molar refractivity (Wildman–Crippen MR) is 160 cm³/mol. The summed E-state index contributed by atoms with van der Waals surface area (Å²) in [6.07, 6.45) is 5.60. The van der Waals surface area contributed by atoms with E-state index in [1.165, 1.54) is 20.8 Å². The molecule has 0 aromatic heterocycles. The van der Waals surface area contributed by atoms with E-state index in [-0.39, 0.29) is 101 Å². The number of esters is 3. The van der Waals surface area contributed by atoms with E-state index < -0.39 is 15.9 Å². The molecule has 0 aliphatic heterocycles. The maximum atomic E-state index is 12.5. The normalized spacial score (nSPS) is 38.7. The Morgan fingerprint density at radius 3 is 2.18 bits per heavy atom. The topological polar surface area (TPSA) is 162 Å². The van der Waals surface area contributed by atoms with E-state index in [1.807, 2.05) is 0 Å². The Kier molecular flexibility index (Phi) is 10.4. The SMILES string of the molecule is CC(=O)OC1CCC2(C)C(C1)CC(OC(C)=O)C1C2CC(OC(C)=O)C2(C)C(C(C)CCC(=O)NCCS(=O)(=O)O)CCC12. The minimum absolute atomic E-state index is 0.0818. The van der Waals surface area contributed by atoms with Crippen LogP contribution < -0.4 is 5.32 Å². The van der Waals surface area contributed by atoms with Crippen LogP contribution in [0.3, 0.4) is 0 Å². The molecule has 44 heavy (non-hydrogen) atoms. The van der Waals surface area contributed by atoms with Crippen LogP contribution in [0.5, 0.6) is 0 Å². The molecule has 250 valence electrons. The van der Waals surface area contributed by atoms with Gasteiger partial charge in [0.1, 0.15) is 18.3 Å². The fraction of sp³-hybridized carbons (Fsp3) is 0.875. The molecule has 0 spiro atoms. The van der Waals surface area contributed by atoms with Crippen LogP contribution in [0.1, 0.15) is 99.3 Å². The molecule has 0 bridgehead atoms. The maximum absolute atomic E-state index is 12.5. The van der Waals surface area contributed by atoms with Crippen LogP contribution in [0.4, 0.5) is 0 Å². The predicted octanol–water partition coefficient (Wildman–Crippen LogP) is 4.08. The molecule has 0 heterocycles. The van der Waals surface area contributed by atoms with Crippen molar-refractivity contribution in [3.05, 3.63) is 0 Å². The molecule has 0 aromatic rings. The summed E-state index contributed by atoms with van der Waals surface area (Å²) in [6, 6.07) is 0. The van der Waals surface area contributed by atoms with Crippen molar-refractivity contribution < 1.29 is 46.4 Å². The number of rotatable bonds is 10.